The van der Waals surface area contributed by atoms with Gasteiger partial charge in [0.2, 0.25) is 5.28 Å². The maximum absolute atomic E-state index is 13.4. The molecule has 0 bridgehead atoms. The summed E-state index contributed by atoms with van der Waals surface area (Å²) in [5.74, 6) is -0.690. The molecule has 0 amide bonds. The molecule has 0 aliphatic heterocycles. The molecule has 0 radical (unpaired) electrons. The molecule has 17 heavy (non-hydrogen) atoms. The summed E-state index contributed by atoms with van der Waals surface area (Å²) in [5.41, 5.74) is 0. The molecule has 2 rings (SSSR count). The number of aromatic nitrogens is 2. The summed E-state index contributed by atoms with van der Waals surface area (Å²) < 4.78 is 13.4. The van der Waals surface area contributed by atoms with Crippen LogP contribution >= 0.6 is 11.6 Å². The normalized spacial score (nSPS) is 29.1. The fourth-order valence-electron chi connectivity index (χ4n) is 1.94. The summed E-state index contributed by atoms with van der Waals surface area (Å²) >= 11 is 5.56. The van der Waals surface area contributed by atoms with Gasteiger partial charge >= 0.3 is 0 Å². The quantitative estimate of drug-likeness (QED) is 0.691. The van der Waals surface area contributed by atoms with Crippen LogP contribution in [0.3, 0.4) is 0 Å². The smallest absolute Gasteiger partial charge is 0.224 e. The Labute approximate surface area is 103 Å². The topological polar surface area (TPSA) is 78.3 Å². The van der Waals surface area contributed by atoms with Crippen LogP contribution in [0.2, 0.25) is 5.28 Å². The molecule has 1 aliphatic carbocycles. The third-order valence-electron chi connectivity index (χ3n) is 2.86. The zero-order chi connectivity index (χ0) is 12.4. The summed E-state index contributed by atoms with van der Waals surface area (Å²) in [6.45, 7) is 0. The van der Waals surface area contributed by atoms with Crippen molar-refractivity contribution in [3.63, 3.8) is 0 Å². The highest BCUT2D eigenvalue weighted by molar-refractivity contribution is 6.28. The second-order valence-electron chi connectivity index (χ2n) is 4.08. The zero-order valence-corrected chi connectivity index (χ0v) is 9.73. The van der Waals surface area contributed by atoms with Crippen molar-refractivity contribution in [3.8, 4) is 0 Å². The summed E-state index contributed by atoms with van der Waals surface area (Å²) in [4.78, 5) is 7.20. The average Bonchev–Trinajstić information content (AvgIpc) is 2.30. The van der Waals surface area contributed by atoms with Crippen molar-refractivity contribution < 1.29 is 14.6 Å². The minimum atomic E-state index is -0.933. The lowest BCUT2D eigenvalue weighted by molar-refractivity contribution is -0.0162. The van der Waals surface area contributed by atoms with Gasteiger partial charge in [0.1, 0.15) is 0 Å². The Morgan fingerprint density at radius 1 is 1.41 bits per heavy atom. The monoisotopic (exact) mass is 261 g/mol. The second kappa shape index (κ2) is 5.12. The van der Waals surface area contributed by atoms with E-state index in [1.165, 1.54) is 0 Å². The molecule has 1 aromatic rings. The third-order valence-corrected chi connectivity index (χ3v) is 3.04. The van der Waals surface area contributed by atoms with Gasteiger partial charge in [0, 0.05) is 0 Å². The Kier molecular flexibility index (Phi) is 3.76. The van der Waals surface area contributed by atoms with Gasteiger partial charge in [0.15, 0.2) is 11.6 Å². The van der Waals surface area contributed by atoms with E-state index in [1.807, 2.05) is 0 Å². The molecule has 3 atom stereocenters. The van der Waals surface area contributed by atoms with E-state index in [1.54, 1.807) is 0 Å². The Morgan fingerprint density at radius 2 is 2.18 bits per heavy atom. The van der Waals surface area contributed by atoms with Gasteiger partial charge in [-0.3, -0.25) is 0 Å². The van der Waals surface area contributed by atoms with Crippen LogP contribution in [-0.4, -0.2) is 38.4 Å². The molecule has 1 fully saturated rings. The molecular weight excluding hydrogens is 249 g/mol. The largest absolute Gasteiger partial charge is 0.390 e. The molecule has 3 unspecified atom stereocenters. The SMILES string of the molecule is OC1CCCC(Nc2nc(Cl)ncc2F)C1O. The van der Waals surface area contributed by atoms with Crippen molar-refractivity contribution in [1.82, 2.24) is 9.97 Å². The maximum Gasteiger partial charge on any atom is 0.224 e. The molecular formula is C10H13ClFN3O2. The van der Waals surface area contributed by atoms with Crippen LogP contribution in [0.15, 0.2) is 6.20 Å². The number of hydrogen-bond donors (Lipinski definition) is 3. The van der Waals surface area contributed by atoms with Crippen molar-refractivity contribution in [3.05, 3.63) is 17.3 Å². The van der Waals surface area contributed by atoms with E-state index in [-0.39, 0.29) is 11.1 Å². The summed E-state index contributed by atoms with van der Waals surface area (Å²) in [5, 5.41) is 21.9. The Morgan fingerprint density at radius 3 is 2.94 bits per heavy atom. The van der Waals surface area contributed by atoms with Crippen LogP contribution < -0.4 is 5.32 Å². The minimum Gasteiger partial charge on any atom is -0.390 e. The predicted octanol–water partition coefficient (Wildman–Crippen LogP) is 0.955. The van der Waals surface area contributed by atoms with Crippen molar-refractivity contribution in [2.75, 3.05) is 5.32 Å². The number of nitrogens with one attached hydrogen (secondary N) is 1. The lowest BCUT2D eigenvalue weighted by atomic mass is 9.90. The van der Waals surface area contributed by atoms with Crippen LogP contribution in [0.4, 0.5) is 10.2 Å². The van der Waals surface area contributed by atoms with Crippen LogP contribution in [0.5, 0.6) is 0 Å². The first kappa shape index (κ1) is 12.5. The van der Waals surface area contributed by atoms with Gasteiger partial charge in [0.05, 0.1) is 24.4 Å². The molecule has 5 nitrogen and oxygen atoms in total. The zero-order valence-electron chi connectivity index (χ0n) is 8.98. The van der Waals surface area contributed by atoms with E-state index < -0.39 is 24.1 Å². The van der Waals surface area contributed by atoms with E-state index in [2.05, 4.69) is 15.3 Å². The highest BCUT2D eigenvalue weighted by Crippen LogP contribution is 2.23. The maximum atomic E-state index is 13.4. The van der Waals surface area contributed by atoms with E-state index in [9.17, 15) is 14.6 Å². The second-order valence-corrected chi connectivity index (χ2v) is 4.41. The Bertz CT molecular complexity index is 407. The standard InChI is InChI=1S/C10H13ClFN3O2/c11-10-13-4-5(12)9(15-10)14-6-2-1-3-7(16)8(6)17/h4,6-8,16-17H,1-3H2,(H,13,14,15). The minimum absolute atomic E-state index is 0.0526. The van der Waals surface area contributed by atoms with Gasteiger partial charge in [-0.15, -0.1) is 0 Å². The van der Waals surface area contributed by atoms with Gasteiger partial charge < -0.3 is 15.5 Å². The van der Waals surface area contributed by atoms with Crippen molar-refractivity contribution in [1.29, 1.82) is 0 Å². The van der Waals surface area contributed by atoms with Crippen LogP contribution in [-0.2, 0) is 0 Å². The van der Waals surface area contributed by atoms with Gasteiger partial charge in [-0.05, 0) is 30.9 Å². The van der Waals surface area contributed by atoms with Crippen LogP contribution in [0.25, 0.3) is 0 Å². The first-order chi connectivity index (χ1) is 8.08. The fourth-order valence-corrected chi connectivity index (χ4v) is 2.07. The molecule has 1 heterocycles. The summed E-state index contributed by atoms with van der Waals surface area (Å²) in [6, 6.07) is -0.431. The van der Waals surface area contributed by atoms with Crippen molar-refractivity contribution >= 4 is 17.4 Å². The molecule has 1 saturated carbocycles. The fraction of sp³-hybridized carbons (Fsp3) is 0.600. The first-order valence-corrected chi connectivity index (χ1v) is 5.76. The van der Waals surface area contributed by atoms with Crippen molar-refractivity contribution in [2.24, 2.45) is 0 Å². The number of aliphatic hydroxyl groups excluding tert-OH is 2. The molecule has 1 aromatic heterocycles. The molecule has 3 N–H and O–H groups in total. The van der Waals surface area contributed by atoms with Gasteiger partial charge in [-0.2, -0.15) is 4.98 Å². The number of aliphatic hydroxyl groups is 2. The van der Waals surface area contributed by atoms with E-state index in [4.69, 9.17) is 11.6 Å². The molecule has 1 aliphatic rings. The van der Waals surface area contributed by atoms with E-state index in [0.29, 0.717) is 12.8 Å². The predicted molar refractivity (Wildman–Crippen MR) is 60.3 cm³/mol. The van der Waals surface area contributed by atoms with Gasteiger partial charge in [-0.1, -0.05) is 0 Å². The molecule has 0 spiro atoms. The highest BCUT2D eigenvalue weighted by Gasteiger charge is 2.31. The first-order valence-electron chi connectivity index (χ1n) is 5.38. The highest BCUT2D eigenvalue weighted by atomic mass is 35.5. The van der Waals surface area contributed by atoms with Gasteiger partial charge in [-0.25, -0.2) is 9.37 Å². The average molecular weight is 262 g/mol. The van der Waals surface area contributed by atoms with Crippen LogP contribution in [0, 0.1) is 5.82 Å². The van der Waals surface area contributed by atoms with E-state index in [0.717, 1.165) is 12.6 Å². The van der Waals surface area contributed by atoms with Crippen LogP contribution in [0.1, 0.15) is 19.3 Å². The number of rotatable bonds is 2. The Balaban J connectivity index is 2.11. The molecule has 94 valence electrons. The molecule has 0 aromatic carbocycles. The lowest BCUT2D eigenvalue weighted by Gasteiger charge is -2.32. The molecule has 0 saturated heterocycles. The summed E-state index contributed by atoms with van der Waals surface area (Å²) in [6.07, 6.45) is 1.18. The number of nitrogens with zero attached hydrogens (tertiary/aromatic N) is 2. The van der Waals surface area contributed by atoms with Gasteiger partial charge in [0.25, 0.3) is 0 Å². The Hall–Kier alpha value is -0.980. The molecule has 7 heteroatoms. The van der Waals surface area contributed by atoms with Crippen molar-refractivity contribution in [2.45, 2.75) is 37.5 Å². The summed E-state index contributed by atoms with van der Waals surface area (Å²) in [7, 11) is 0. The van der Waals surface area contributed by atoms with E-state index >= 15 is 0 Å². The number of hydrogen-bond acceptors (Lipinski definition) is 5. The number of halogens is 2. The lowest BCUT2D eigenvalue weighted by Crippen LogP contribution is -2.45. The number of anilines is 1. The third kappa shape index (κ3) is 2.83.